The minimum atomic E-state index is -0.251. The van der Waals surface area contributed by atoms with E-state index in [1.807, 2.05) is 0 Å². The fourth-order valence-corrected chi connectivity index (χ4v) is 3.86. The minimum Gasteiger partial charge on any atom is -0.326 e. The Balaban J connectivity index is 1.65. The highest BCUT2D eigenvalue weighted by molar-refractivity contribution is 7.15. The molecule has 1 aromatic heterocycles. The fraction of sp³-hybridized carbons (Fsp3) is 0.444. The summed E-state index contributed by atoms with van der Waals surface area (Å²) in [5.41, 5.74) is 1.09. The fourth-order valence-electron chi connectivity index (χ4n) is 2.96. The monoisotopic (exact) mass is 358 g/mol. The topological polar surface area (TPSA) is 84.0 Å². The second kappa shape index (κ2) is 8.20. The van der Waals surface area contributed by atoms with E-state index in [4.69, 9.17) is 0 Å². The van der Waals surface area contributed by atoms with Crippen molar-refractivity contribution in [3.8, 4) is 0 Å². The van der Waals surface area contributed by atoms with Crippen LogP contribution in [0.15, 0.2) is 24.3 Å². The van der Waals surface area contributed by atoms with E-state index in [2.05, 4.69) is 20.8 Å². The van der Waals surface area contributed by atoms with Crippen molar-refractivity contribution >= 4 is 34.0 Å². The van der Waals surface area contributed by atoms with Crippen LogP contribution in [0.25, 0.3) is 0 Å². The summed E-state index contributed by atoms with van der Waals surface area (Å²) in [5, 5.41) is 15.5. The van der Waals surface area contributed by atoms with Crippen molar-refractivity contribution in [1.29, 1.82) is 0 Å². The van der Waals surface area contributed by atoms with Gasteiger partial charge in [0.2, 0.25) is 11.0 Å². The van der Waals surface area contributed by atoms with Gasteiger partial charge < -0.3 is 5.32 Å². The van der Waals surface area contributed by atoms with Gasteiger partial charge in [-0.15, -0.1) is 10.2 Å². The van der Waals surface area contributed by atoms with Gasteiger partial charge in [0.1, 0.15) is 5.01 Å². The zero-order valence-electron chi connectivity index (χ0n) is 14.2. The van der Waals surface area contributed by atoms with E-state index in [1.165, 1.54) is 30.6 Å². The van der Waals surface area contributed by atoms with E-state index in [-0.39, 0.29) is 11.8 Å². The van der Waals surface area contributed by atoms with Gasteiger partial charge in [-0.05, 0) is 31.0 Å². The van der Waals surface area contributed by atoms with Crippen molar-refractivity contribution in [2.75, 3.05) is 10.6 Å². The van der Waals surface area contributed by atoms with E-state index in [0.29, 0.717) is 28.7 Å². The van der Waals surface area contributed by atoms with E-state index >= 15 is 0 Å². The molecule has 6 nitrogen and oxygen atoms in total. The number of carbonyl (C=O) groups is 2. The van der Waals surface area contributed by atoms with Gasteiger partial charge in [0, 0.05) is 23.6 Å². The van der Waals surface area contributed by atoms with Crippen LogP contribution in [0, 0.1) is 0 Å². The van der Waals surface area contributed by atoms with E-state index < -0.39 is 0 Å². The Morgan fingerprint density at radius 3 is 2.72 bits per heavy atom. The second-order valence-electron chi connectivity index (χ2n) is 6.22. The quantitative estimate of drug-likeness (QED) is 0.839. The summed E-state index contributed by atoms with van der Waals surface area (Å²) in [5.74, 6) is 0.141. The molecule has 2 amide bonds. The van der Waals surface area contributed by atoms with Gasteiger partial charge in [0.25, 0.3) is 5.91 Å². The molecule has 1 saturated carbocycles. The van der Waals surface area contributed by atoms with Crippen LogP contribution in [0.3, 0.4) is 0 Å². The molecule has 3 rings (SSSR count). The molecule has 7 heteroatoms. The zero-order valence-corrected chi connectivity index (χ0v) is 15.1. The van der Waals surface area contributed by atoms with Gasteiger partial charge in [-0.3, -0.25) is 14.9 Å². The smallest absolute Gasteiger partial charge is 0.257 e. The van der Waals surface area contributed by atoms with Crippen molar-refractivity contribution in [1.82, 2.24) is 10.2 Å². The number of nitrogens with one attached hydrogen (secondary N) is 2. The molecule has 25 heavy (non-hydrogen) atoms. The Bertz CT molecular complexity index is 753. The molecule has 1 heterocycles. The number of amides is 2. The first-order chi connectivity index (χ1) is 12.2. The Hall–Kier alpha value is -2.28. The van der Waals surface area contributed by atoms with Gasteiger partial charge in [-0.2, -0.15) is 0 Å². The van der Waals surface area contributed by atoms with Crippen LogP contribution in [-0.4, -0.2) is 22.0 Å². The van der Waals surface area contributed by atoms with Crippen molar-refractivity contribution in [3.05, 3.63) is 34.8 Å². The van der Waals surface area contributed by atoms with Crippen molar-refractivity contribution in [3.63, 3.8) is 0 Å². The van der Waals surface area contributed by atoms with Crippen molar-refractivity contribution in [2.24, 2.45) is 0 Å². The van der Waals surface area contributed by atoms with Gasteiger partial charge in [-0.25, -0.2) is 0 Å². The predicted octanol–water partition coefficient (Wildman–Crippen LogP) is 4.19. The van der Waals surface area contributed by atoms with Crippen molar-refractivity contribution < 1.29 is 9.59 Å². The normalized spacial score (nSPS) is 14.9. The molecule has 1 aliphatic carbocycles. The van der Waals surface area contributed by atoms with E-state index in [1.54, 1.807) is 31.2 Å². The van der Waals surface area contributed by atoms with Gasteiger partial charge in [0.15, 0.2) is 0 Å². The molecule has 2 aromatic rings. The maximum atomic E-state index is 12.4. The van der Waals surface area contributed by atoms with E-state index in [0.717, 1.165) is 17.8 Å². The van der Waals surface area contributed by atoms with Crippen LogP contribution in [0.4, 0.5) is 10.8 Å². The molecule has 1 aliphatic rings. The first-order valence-corrected chi connectivity index (χ1v) is 9.52. The molecule has 0 aliphatic heterocycles. The number of hydrogen-bond acceptors (Lipinski definition) is 5. The number of aromatic nitrogens is 2. The summed E-state index contributed by atoms with van der Waals surface area (Å²) >= 11 is 1.46. The summed E-state index contributed by atoms with van der Waals surface area (Å²) in [6, 6.07) is 6.87. The third kappa shape index (κ3) is 4.63. The van der Waals surface area contributed by atoms with E-state index in [9.17, 15) is 9.59 Å². The van der Waals surface area contributed by atoms with Crippen LogP contribution >= 0.6 is 11.3 Å². The van der Waals surface area contributed by atoms with Crippen LogP contribution in [-0.2, 0) is 4.79 Å². The Labute approximate surface area is 151 Å². The SMILES string of the molecule is CCC(=O)Nc1cccc(C(=O)Nc2nnc(C3CCCCC3)s2)c1. The molecule has 1 aromatic carbocycles. The minimum absolute atomic E-state index is 0.0844. The average Bonchev–Trinajstić information content (AvgIpc) is 3.11. The molecule has 0 unspecified atom stereocenters. The first-order valence-electron chi connectivity index (χ1n) is 8.70. The van der Waals surface area contributed by atoms with Crippen LogP contribution in [0.1, 0.15) is 66.7 Å². The lowest BCUT2D eigenvalue weighted by Gasteiger charge is -2.18. The molecule has 132 valence electrons. The zero-order chi connectivity index (χ0) is 17.6. The Morgan fingerprint density at radius 2 is 1.96 bits per heavy atom. The summed E-state index contributed by atoms with van der Waals surface area (Å²) in [6.07, 6.45) is 6.48. The standard InChI is InChI=1S/C18H22N4O2S/c1-2-15(23)19-14-10-6-9-13(11-14)16(24)20-18-22-21-17(25-18)12-7-4-3-5-8-12/h6,9-12H,2-5,7-8H2,1H3,(H,19,23)(H,20,22,24). The summed E-state index contributed by atoms with van der Waals surface area (Å²) in [6.45, 7) is 1.78. The maximum Gasteiger partial charge on any atom is 0.257 e. The number of nitrogens with zero attached hydrogens (tertiary/aromatic N) is 2. The molecule has 0 spiro atoms. The number of anilines is 2. The molecular formula is C18H22N4O2S. The number of benzene rings is 1. The van der Waals surface area contributed by atoms with Gasteiger partial charge in [0.05, 0.1) is 0 Å². The molecular weight excluding hydrogens is 336 g/mol. The molecule has 0 saturated heterocycles. The Kier molecular flexibility index (Phi) is 5.75. The first kappa shape index (κ1) is 17.5. The number of hydrogen-bond donors (Lipinski definition) is 2. The summed E-state index contributed by atoms with van der Waals surface area (Å²) < 4.78 is 0. The lowest BCUT2D eigenvalue weighted by Crippen LogP contribution is -2.13. The summed E-state index contributed by atoms with van der Waals surface area (Å²) in [7, 11) is 0. The van der Waals surface area contributed by atoms with Crippen LogP contribution < -0.4 is 10.6 Å². The molecule has 0 bridgehead atoms. The number of carbonyl (C=O) groups excluding carboxylic acids is 2. The lowest BCUT2D eigenvalue weighted by molar-refractivity contribution is -0.115. The average molecular weight is 358 g/mol. The van der Waals surface area contributed by atoms with Crippen LogP contribution in [0.5, 0.6) is 0 Å². The predicted molar refractivity (Wildman–Crippen MR) is 99.1 cm³/mol. The highest BCUT2D eigenvalue weighted by Crippen LogP contribution is 2.35. The van der Waals surface area contributed by atoms with Gasteiger partial charge in [-0.1, -0.05) is 43.6 Å². The molecule has 1 fully saturated rings. The Morgan fingerprint density at radius 1 is 1.16 bits per heavy atom. The largest absolute Gasteiger partial charge is 0.326 e. The molecule has 0 atom stereocenters. The highest BCUT2D eigenvalue weighted by Gasteiger charge is 2.20. The van der Waals surface area contributed by atoms with Crippen molar-refractivity contribution in [2.45, 2.75) is 51.4 Å². The highest BCUT2D eigenvalue weighted by atomic mass is 32.1. The van der Waals surface area contributed by atoms with Crippen LogP contribution in [0.2, 0.25) is 0 Å². The molecule has 0 radical (unpaired) electrons. The third-order valence-corrected chi connectivity index (χ3v) is 5.35. The summed E-state index contributed by atoms with van der Waals surface area (Å²) in [4.78, 5) is 23.9. The van der Waals surface area contributed by atoms with Gasteiger partial charge >= 0.3 is 0 Å². The number of rotatable bonds is 5. The third-order valence-electron chi connectivity index (χ3n) is 4.35. The lowest BCUT2D eigenvalue weighted by atomic mass is 9.90. The second-order valence-corrected chi connectivity index (χ2v) is 7.23. The maximum absolute atomic E-state index is 12.4. The molecule has 2 N–H and O–H groups in total.